The minimum atomic E-state index is -0.515. The van der Waals surface area contributed by atoms with Crippen LogP contribution in [0.25, 0.3) is 0 Å². The minimum absolute atomic E-state index is 0.295. The van der Waals surface area contributed by atoms with Gasteiger partial charge in [0.2, 0.25) is 6.41 Å². The van der Waals surface area contributed by atoms with Crippen molar-refractivity contribution in [3.63, 3.8) is 0 Å². The van der Waals surface area contributed by atoms with Crippen LogP contribution < -0.4 is 16.0 Å². The molecular weight excluding hydrogens is 404 g/mol. The molecule has 11 heteroatoms. The van der Waals surface area contributed by atoms with Gasteiger partial charge in [-0.2, -0.15) is 0 Å². The number of esters is 1. The van der Waals surface area contributed by atoms with Crippen molar-refractivity contribution in [1.29, 1.82) is 0 Å². The SMILES string of the molecule is COC(=O)c1cc(NC(=O)c2cc(NC(=O)c3cc(NC=O)cn3C)cn2C)cn1C. The molecule has 0 aromatic carbocycles. The smallest absolute Gasteiger partial charge is 0.354 e. The third-order valence-corrected chi connectivity index (χ3v) is 4.62. The van der Waals surface area contributed by atoms with Crippen LogP contribution in [0.15, 0.2) is 36.8 Å². The normalized spacial score (nSPS) is 10.5. The molecule has 3 aromatic heterocycles. The van der Waals surface area contributed by atoms with E-state index in [1.165, 1.54) is 25.3 Å². The Labute approximate surface area is 177 Å². The average Bonchev–Trinajstić information content (AvgIpc) is 3.38. The van der Waals surface area contributed by atoms with Crippen molar-refractivity contribution in [2.45, 2.75) is 0 Å². The molecule has 0 aliphatic rings. The predicted molar refractivity (Wildman–Crippen MR) is 113 cm³/mol. The lowest BCUT2D eigenvalue weighted by molar-refractivity contribution is -0.105. The molecule has 162 valence electrons. The van der Waals surface area contributed by atoms with Gasteiger partial charge in [-0.25, -0.2) is 4.79 Å². The van der Waals surface area contributed by atoms with Gasteiger partial charge in [0.15, 0.2) is 0 Å². The summed E-state index contributed by atoms with van der Waals surface area (Å²) in [6, 6.07) is 4.58. The number of nitrogens with zero attached hydrogens (tertiary/aromatic N) is 3. The van der Waals surface area contributed by atoms with E-state index in [2.05, 4.69) is 16.0 Å². The lowest BCUT2D eigenvalue weighted by Gasteiger charge is -2.03. The second kappa shape index (κ2) is 8.61. The standard InChI is InChI=1S/C20H22N6O5/c1-24-8-12(21-11-27)5-15(24)18(28)22-13-6-16(25(2)9-13)19(29)23-14-7-17(20(30)31-4)26(3)10-14/h5-11H,1-4H3,(H,21,27)(H,22,28)(H,23,29). The van der Waals surface area contributed by atoms with Gasteiger partial charge in [-0.1, -0.05) is 0 Å². The number of methoxy groups -OCH3 is 1. The summed E-state index contributed by atoms with van der Waals surface area (Å²) in [7, 11) is 6.29. The molecule has 3 aromatic rings. The molecule has 0 unspecified atom stereocenters. The molecule has 3 amide bonds. The van der Waals surface area contributed by atoms with Crippen molar-refractivity contribution in [3.8, 4) is 0 Å². The first-order valence-electron chi connectivity index (χ1n) is 9.13. The van der Waals surface area contributed by atoms with E-state index in [0.29, 0.717) is 40.6 Å². The molecule has 0 fully saturated rings. The largest absolute Gasteiger partial charge is 0.464 e. The van der Waals surface area contributed by atoms with E-state index in [9.17, 15) is 19.2 Å². The highest BCUT2D eigenvalue weighted by atomic mass is 16.5. The number of nitrogens with one attached hydrogen (secondary N) is 3. The van der Waals surface area contributed by atoms with Crippen molar-refractivity contribution in [3.05, 3.63) is 53.9 Å². The molecular formula is C20H22N6O5. The molecule has 31 heavy (non-hydrogen) atoms. The van der Waals surface area contributed by atoms with Crippen molar-refractivity contribution in [1.82, 2.24) is 13.7 Å². The lowest BCUT2D eigenvalue weighted by Crippen LogP contribution is -2.15. The van der Waals surface area contributed by atoms with Crippen LogP contribution in [0.3, 0.4) is 0 Å². The molecule has 0 saturated carbocycles. The van der Waals surface area contributed by atoms with E-state index < -0.39 is 17.8 Å². The fourth-order valence-electron chi connectivity index (χ4n) is 3.13. The van der Waals surface area contributed by atoms with Crippen LogP contribution in [-0.4, -0.2) is 45.0 Å². The monoisotopic (exact) mass is 426 g/mol. The quantitative estimate of drug-likeness (QED) is 0.390. The zero-order valence-electron chi connectivity index (χ0n) is 17.4. The average molecular weight is 426 g/mol. The highest BCUT2D eigenvalue weighted by Gasteiger charge is 2.18. The fourth-order valence-corrected chi connectivity index (χ4v) is 3.13. The van der Waals surface area contributed by atoms with Crippen LogP contribution in [0.2, 0.25) is 0 Å². The summed E-state index contributed by atoms with van der Waals surface area (Å²) in [6.45, 7) is 0. The van der Waals surface area contributed by atoms with Gasteiger partial charge in [0.1, 0.15) is 17.1 Å². The summed E-state index contributed by atoms with van der Waals surface area (Å²) in [5, 5.41) is 7.93. The van der Waals surface area contributed by atoms with E-state index in [1.807, 2.05) is 0 Å². The molecule has 0 bridgehead atoms. The van der Waals surface area contributed by atoms with E-state index in [1.54, 1.807) is 53.4 Å². The van der Waals surface area contributed by atoms with Gasteiger partial charge in [0, 0.05) is 39.7 Å². The lowest BCUT2D eigenvalue weighted by atomic mass is 10.3. The third-order valence-electron chi connectivity index (χ3n) is 4.62. The molecule has 3 rings (SSSR count). The number of hydrogen-bond donors (Lipinski definition) is 3. The summed E-state index contributed by atoms with van der Waals surface area (Å²) in [5.41, 5.74) is 2.27. The Kier molecular flexibility index (Phi) is 5.95. The number of anilines is 3. The number of aryl methyl sites for hydroxylation is 3. The Bertz CT molecular complexity index is 1170. The summed E-state index contributed by atoms with van der Waals surface area (Å²) in [5.74, 6) is -1.33. The predicted octanol–water partition coefficient (Wildman–Crippen LogP) is 1.56. The number of hydrogen-bond acceptors (Lipinski definition) is 5. The van der Waals surface area contributed by atoms with E-state index >= 15 is 0 Å². The van der Waals surface area contributed by atoms with Gasteiger partial charge in [-0.05, 0) is 18.2 Å². The number of rotatable bonds is 7. The van der Waals surface area contributed by atoms with Gasteiger partial charge in [-0.15, -0.1) is 0 Å². The summed E-state index contributed by atoms with van der Waals surface area (Å²) < 4.78 is 9.39. The Morgan fingerprint density at radius 2 is 1.19 bits per heavy atom. The zero-order valence-corrected chi connectivity index (χ0v) is 17.4. The van der Waals surface area contributed by atoms with Crippen LogP contribution in [-0.2, 0) is 30.7 Å². The number of carbonyl (C=O) groups is 4. The molecule has 0 radical (unpaired) electrons. The first-order chi connectivity index (χ1) is 14.7. The molecule has 0 spiro atoms. The molecule has 0 atom stereocenters. The van der Waals surface area contributed by atoms with E-state index in [4.69, 9.17) is 4.74 Å². The van der Waals surface area contributed by atoms with Crippen LogP contribution in [0.1, 0.15) is 31.5 Å². The van der Waals surface area contributed by atoms with Gasteiger partial charge < -0.3 is 34.4 Å². The highest BCUT2D eigenvalue weighted by molar-refractivity contribution is 6.07. The Balaban J connectivity index is 1.73. The minimum Gasteiger partial charge on any atom is -0.464 e. The molecule has 3 heterocycles. The topological polar surface area (TPSA) is 128 Å². The number of aromatic nitrogens is 3. The summed E-state index contributed by atoms with van der Waals surface area (Å²) in [6.07, 6.45) is 5.33. The molecule has 0 saturated heterocycles. The second-order valence-corrected chi connectivity index (χ2v) is 6.84. The number of amides is 3. The Hall–Kier alpha value is -4.28. The van der Waals surface area contributed by atoms with E-state index in [-0.39, 0.29) is 0 Å². The third kappa shape index (κ3) is 4.50. The van der Waals surface area contributed by atoms with Crippen LogP contribution >= 0.6 is 0 Å². The molecule has 0 aliphatic carbocycles. The Morgan fingerprint density at radius 3 is 1.68 bits per heavy atom. The van der Waals surface area contributed by atoms with Crippen molar-refractivity contribution in [2.24, 2.45) is 21.1 Å². The number of carbonyl (C=O) groups excluding carboxylic acids is 4. The first-order valence-corrected chi connectivity index (χ1v) is 9.13. The fraction of sp³-hybridized carbons (Fsp3) is 0.200. The van der Waals surface area contributed by atoms with Crippen molar-refractivity contribution >= 4 is 41.3 Å². The maximum absolute atomic E-state index is 12.7. The Morgan fingerprint density at radius 1 is 0.774 bits per heavy atom. The molecule has 3 N–H and O–H groups in total. The van der Waals surface area contributed by atoms with Gasteiger partial charge in [0.25, 0.3) is 11.8 Å². The van der Waals surface area contributed by atoms with Crippen LogP contribution in [0.4, 0.5) is 17.1 Å². The zero-order chi connectivity index (χ0) is 22.7. The summed E-state index contributed by atoms with van der Waals surface area (Å²) in [4.78, 5) is 47.5. The highest BCUT2D eigenvalue weighted by Crippen LogP contribution is 2.19. The second-order valence-electron chi connectivity index (χ2n) is 6.84. The van der Waals surface area contributed by atoms with Crippen LogP contribution in [0.5, 0.6) is 0 Å². The first kappa shape index (κ1) is 21.4. The van der Waals surface area contributed by atoms with Gasteiger partial charge in [0.05, 0.1) is 24.2 Å². The maximum Gasteiger partial charge on any atom is 0.354 e. The molecule has 11 nitrogen and oxygen atoms in total. The van der Waals surface area contributed by atoms with Crippen molar-refractivity contribution in [2.75, 3.05) is 23.1 Å². The van der Waals surface area contributed by atoms with Gasteiger partial charge >= 0.3 is 5.97 Å². The van der Waals surface area contributed by atoms with Gasteiger partial charge in [-0.3, -0.25) is 14.4 Å². The van der Waals surface area contributed by atoms with E-state index in [0.717, 1.165) is 0 Å². The van der Waals surface area contributed by atoms with Crippen LogP contribution in [0, 0.1) is 0 Å². The number of ether oxygens (including phenoxy) is 1. The maximum atomic E-state index is 12.7. The van der Waals surface area contributed by atoms with Crippen molar-refractivity contribution < 1.29 is 23.9 Å². The molecule has 0 aliphatic heterocycles. The summed E-state index contributed by atoms with van der Waals surface area (Å²) >= 11 is 0.